The van der Waals surface area contributed by atoms with Crippen molar-refractivity contribution in [2.24, 2.45) is 0 Å². The molecule has 34 heavy (non-hydrogen) atoms. The molecule has 3 rings (SSSR count). The zero-order valence-electron chi connectivity index (χ0n) is 21.0. The van der Waals surface area contributed by atoms with Crippen LogP contribution in [0.4, 0.5) is 0 Å². The third kappa shape index (κ3) is 8.15. The quantitative estimate of drug-likeness (QED) is 0.323. The van der Waals surface area contributed by atoms with Gasteiger partial charge in [0.15, 0.2) is 0 Å². The van der Waals surface area contributed by atoms with Crippen LogP contribution in [-0.2, 0) is 29.0 Å². The van der Waals surface area contributed by atoms with Crippen LogP contribution in [0.1, 0.15) is 40.2 Å². The number of carbonyl (C=O) groups is 1. The molecule has 0 aliphatic carbocycles. The van der Waals surface area contributed by atoms with Gasteiger partial charge in [-0.2, -0.15) is 0 Å². The number of benzene rings is 2. The van der Waals surface area contributed by atoms with Gasteiger partial charge < -0.3 is 14.1 Å². The number of ether oxygens (including phenoxy) is 1. The molecule has 182 valence electrons. The summed E-state index contributed by atoms with van der Waals surface area (Å²) in [6.45, 7) is 9.91. The second kappa shape index (κ2) is 13.1. The van der Waals surface area contributed by atoms with Gasteiger partial charge in [0.05, 0.1) is 13.1 Å². The summed E-state index contributed by atoms with van der Waals surface area (Å²) in [6, 6.07) is 20.7. The van der Waals surface area contributed by atoms with E-state index in [-0.39, 0.29) is 5.91 Å². The van der Waals surface area contributed by atoms with Crippen LogP contribution in [0.3, 0.4) is 0 Å². The summed E-state index contributed by atoms with van der Waals surface area (Å²) in [4.78, 5) is 17.7. The van der Waals surface area contributed by atoms with Crippen LogP contribution in [0.5, 0.6) is 0 Å². The second-order valence-electron chi connectivity index (χ2n) is 9.05. The standard InChI is InChI=1S/C29H38N2O3/c1-23-11-12-24(2)27(19-23)20-30(16-8-18-33-4)22-29(32)31(21-28-14-13-25(3)34-28)17-15-26-9-6-5-7-10-26/h5-7,9-14,19H,8,15-18,20-22H2,1-4H3. The highest BCUT2D eigenvalue weighted by molar-refractivity contribution is 5.78. The Bertz CT molecular complexity index is 1030. The molecule has 0 spiro atoms. The minimum absolute atomic E-state index is 0.118. The first-order valence-corrected chi connectivity index (χ1v) is 12.1. The van der Waals surface area contributed by atoms with E-state index in [9.17, 15) is 4.79 Å². The molecule has 5 heteroatoms. The number of aryl methyl sites for hydroxylation is 3. The van der Waals surface area contributed by atoms with Crippen molar-refractivity contribution < 1.29 is 13.9 Å². The van der Waals surface area contributed by atoms with Gasteiger partial charge in [0.25, 0.3) is 0 Å². The molecule has 0 aliphatic rings. The molecule has 0 atom stereocenters. The third-order valence-corrected chi connectivity index (χ3v) is 6.09. The third-order valence-electron chi connectivity index (χ3n) is 6.09. The van der Waals surface area contributed by atoms with Gasteiger partial charge in [-0.3, -0.25) is 9.69 Å². The summed E-state index contributed by atoms with van der Waals surface area (Å²) in [6.07, 6.45) is 1.70. The predicted octanol–water partition coefficient (Wildman–Crippen LogP) is 5.31. The van der Waals surface area contributed by atoms with Crippen LogP contribution < -0.4 is 0 Å². The molecule has 0 aliphatic heterocycles. The number of hydrogen-bond donors (Lipinski definition) is 0. The first-order valence-electron chi connectivity index (χ1n) is 12.1. The largest absolute Gasteiger partial charge is 0.464 e. The Hall–Kier alpha value is -2.89. The molecule has 3 aromatic rings. The molecule has 5 nitrogen and oxygen atoms in total. The molecule has 0 saturated heterocycles. The van der Waals surface area contributed by atoms with Crippen LogP contribution in [0, 0.1) is 20.8 Å². The maximum absolute atomic E-state index is 13.6. The summed E-state index contributed by atoms with van der Waals surface area (Å²) in [5.74, 6) is 1.80. The summed E-state index contributed by atoms with van der Waals surface area (Å²) in [5, 5.41) is 0. The first kappa shape index (κ1) is 25.7. The maximum atomic E-state index is 13.6. The average Bonchev–Trinajstić information content (AvgIpc) is 3.24. The minimum Gasteiger partial charge on any atom is -0.464 e. The molecule has 0 N–H and O–H groups in total. The second-order valence-corrected chi connectivity index (χ2v) is 9.05. The molecular weight excluding hydrogens is 424 g/mol. The topological polar surface area (TPSA) is 45.9 Å². The van der Waals surface area contributed by atoms with Gasteiger partial charge in [0.2, 0.25) is 5.91 Å². The van der Waals surface area contributed by atoms with E-state index < -0.39 is 0 Å². The molecule has 1 aromatic heterocycles. The summed E-state index contributed by atoms with van der Waals surface area (Å²) >= 11 is 0. The minimum atomic E-state index is 0.118. The van der Waals surface area contributed by atoms with E-state index in [2.05, 4.69) is 49.1 Å². The van der Waals surface area contributed by atoms with E-state index in [1.54, 1.807) is 7.11 Å². The molecule has 0 fully saturated rings. The number of rotatable bonds is 13. The fourth-order valence-corrected chi connectivity index (χ4v) is 4.11. The Labute approximate surface area is 204 Å². The van der Waals surface area contributed by atoms with E-state index in [4.69, 9.17) is 9.15 Å². The van der Waals surface area contributed by atoms with E-state index in [0.29, 0.717) is 26.2 Å². The number of hydrogen-bond acceptors (Lipinski definition) is 4. The summed E-state index contributed by atoms with van der Waals surface area (Å²) < 4.78 is 11.1. The lowest BCUT2D eigenvalue weighted by Crippen LogP contribution is -2.41. The number of methoxy groups -OCH3 is 1. The van der Waals surface area contributed by atoms with Gasteiger partial charge in [-0.15, -0.1) is 0 Å². The Morgan fingerprint density at radius 3 is 2.44 bits per heavy atom. The molecule has 1 heterocycles. The summed E-state index contributed by atoms with van der Waals surface area (Å²) in [7, 11) is 1.72. The van der Waals surface area contributed by atoms with Crippen molar-refractivity contribution in [1.82, 2.24) is 9.80 Å². The molecule has 0 radical (unpaired) electrons. The van der Waals surface area contributed by atoms with E-state index in [1.165, 1.54) is 22.3 Å². The maximum Gasteiger partial charge on any atom is 0.237 e. The van der Waals surface area contributed by atoms with Crippen LogP contribution >= 0.6 is 0 Å². The van der Waals surface area contributed by atoms with Crippen molar-refractivity contribution in [2.75, 3.05) is 33.4 Å². The molecule has 0 unspecified atom stereocenters. The Morgan fingerprint density at radius 2 is 1.74 bits per heavy atom. The fraction of sp³-hybridized carbons (Fsp3) is 0.414. The van der Waals surface area contributed by atoms with Crippen LogP contribution in [0.15, 0.2) is 65.1 Å². The SMILES string of the molecule is COCCCN(CC(=O)N(CCc1ccccc1)Cc1ccc(C)o1)Cc1cc(C)ccc1C. The smallest absolute Gasteiger partial charge is 0.237 e. The highest BCUT2D eigenvalue weighted by Gasteiger charge is 2.20. The number of furan rings is 1. The molecule has 0 bridgehead atoms. The average molecular weight is 463 g/mol. The van der Waals surface area contributed by atoms with Gasteiger partial charge >= 0.3 is 0 Å². The lowest BCUT2D eigenvalue weighted by atomic mass is 10.0. The van der Waals surface area contributed by atoms with Gasteiger partial charge in [0.1, 0.15) is 11.5 Å². The zero-order valence-corrected chi connectivity index (χ0v) is 21.0. The summed E-state index contributed by atoms with van der Waals surface area (Å²) in [5.41, 5.74) is 4.98. The normalized spacial score (nSPS) is 11.2. The Kier molecular flexibility index (Phi) is 9.92. The van der Waals surface area contributed by atoms with Crippen molar-refractivity contribution in [3.63, 3.8) is 0 Å². The number of amides is 1. The molecular formula is C29H38N2O3. The number of carbonyl (C=O) groups excluding carboxylic acids is 1. The van der Waals surface area contributed by atoms with Gasteiger partial charge in [0, 0.05) is 33.4 Å². The molecule has 2 aromatic carbocycles. The highest BCUT2D eigenvalue weighted by Crippen LogP contribution is 2.16. The van der Waals surface area contributed by atoms with Crippen molar-refractivity contribution in [2.45, 2.75) is 46.7 Å². The predicted molar refractivity (Wildman–Crippen MR) is 137 cm³/mol. The van der Waals surface area contributed by atoms with Crippen molar-refractivity contribution >= 4 is 5.91 Å². The molecule has 0 saturated carbocycles. The lowest BCUT2D eigenvalue weighted by Gasteiger charge is -2.28. The van der Waals surface area contributed by atoms with E-state index >= 15 is 0 Å². The van der Waals surface area contributed by atoms with Crippen molar-refractivity contribution in [3.8, 4) is 0 Å². The van der Waals surface area contributed by atoms with Gasteiger partial charge in [-0.1, -0.05) is 54.1 Å². The van der Waals surface area contributed by atoms with Crippen LogP contribution in [-0.4, -0.2) is 49.1 Å². The van der Waals surface area contributed by atoms with Crippen LogP contribution in [0.25, 0.3) is 0 Å². The fourth-order valence-electron chi connectivity index (χ4n) is 4.11. The van der Waals surface area contributed by atoms with Crippen LogP contribution in [0.2, 0.25) is 0 Å². The highest BCUT2D eigenvalue weighted by atomic mass is 16.5. The van der Waals surface area contributed by atoms with Gasteiger partial charge in [-0.05, 0) is 62.4 Å². The monoisotopic (exact) mass is 462 g/mol. The van der Waals surface area contributed by atoms with E-state index in [0.717, 1.165) is 37.5 Å². The lowest BCUT2D eigenvalue weighted by molar-refractivity contribution is -0.133. The Balaban J connectivity index is 1.73. The van der Waals surface area contributed by atoms with E-state index in [1.807, 2.05) is 42.2 Å². The van der Waals surface area contributed by atoms with Gasteiger partial charge in [-0.25, -0.2) is 0 Å². The Morgan fingerprint density at radius 1 is 0.941 bits per heavy atom. The first-order chi connectivity index (χ1) is 16.4. The number of nitrogens with zero attached hydrogens (tertiary/aromatic N) is 2. The zero-order chi connectivity index (χ0) is 24.3. The van der Waals surface area contributed by atoms with Crippen molar-refractivity contribution in [1.29, 1.82) is 0 Å². The molecule has 1 amide bonds. The van der Waals surface area contributed by atoms with Crippen molar-refractivity contribution in [3.05, 3.63) is 94.4 Å².